The van der Waals surface area contributed by atoms with Crippen LogP contribution in [-0.2, 0) is 6.42 Å². The minimum absolute atomic E-state index is 0.311. The fraction of sp³-hybridized carbons (Fsp3) is 0.333. The van der Waals surface area contributed by atoms with Gasteiger partial charge in [0.1, 0.15) is 6.07 Å². The number of methoxy groups -OCH3 is 3. The summed E-state index contributed by atoms with van der Waals surface area (Å²) in [4.78, 5) is 6.51. The van der Waals surface area contributed by atoms with E-state index < -0.39 is 0 Å². The predicted octanol–water partition coefficient (Wildman–Crippen LogP) is 5.20. The minimum atomic E-state index is 0.311. The van der Waals surface area contributed by atoms with Gasteiger partial charge in [-0.2, -0.15) is 10.2 Å². The van der Waals surface area contributed by atoms with Crippen molar-refractivity contribution >= 4 is 18.0 Å². The summed E-state index contributed by atoms with van der Waals surface area (Å²) in [6.07, 6.45) is 6.77. The zero-order valence-corrected chi connectivity index (χ0v) is 19.8. The van der Waals surface area contributed by atoms with Gasteiger partial charge in [-0.3, -0.25) is 0 Å². The molecule has 0 aliphatic carbocycles. The largest absolute Gasteiger partial charge is 0.493 e. The molecule has 1 aromatic heterocycles. The molecule has 1 fully saturated rings. The first kappa shape index (κ1) is 23.2. The molecule has 3 aromatic rings. The quantitative estimate of drug-likeness (QED) is 0.458. The molecule has 4 rings (SSSR count). The standard InChI is InChI=1S/C27H29N3O4/c1-31-23-16-21(17-24(32-2)26(23)33-3)9-10-25-29-22(18-28)27(34-25)30-13-11-20(12-14-30)15-19-7-5-4-6-8-19/h4-10,16-17,20H,11-15H2,1-3H3. The zero-order chi connectivity index (χ0) is 23.9. The van der Waals surface area contributed by atoms with Gasteiger partial charge in [-0.25, -0.2) is 0 Å². The van der Waals surface area contributed by atoms with Crippen molar-refractivity contribution in [2.45, 2.75) is 19.3 Å². The minimum Gasteiger partial charge on any atom is -0.493 e. The number of nitriles is 1. The number of hydrogen-bond donors (Lipinski definition) is 0. The number of oxazole rings is 1. The zero-order valence-electron chi connectivity index (χ0n) is 19.8. The van der Waals surface area contributed by atoms with E-state index in [1.807, 2.05) is 24.3 Å². The van der Waals surface area contributed by atoms with E-state index in [-0.39, 0.29) is 0 Å². The molecule has 176 valence electrons. The number of ether oxygens (including phenoxy) is 3. The monoisotopic (exact) mass is 459 g/mol. The van der Waals surface area contributed by atoms with E-state index in [4.69, 9.17) is 18.6 Å². The van der Waals surface area contributed by atoms with Crippen LogP contribution in [0.5, 0.6) is 17.2 Å². The van der Waals surface area contributed by atoms with Gasteiger partial charge in [-0.15, -0.1) is 0 Å². The Labute approximate surface area is 200 Å². The lowest BCUT2D eigenvalue weighted by molar-refractivity contribution is 0.324. The van der Waals surface area contributed by atoms with Crippen LogP contribution in [0, 0.1) is 17.2 Å². The molecule has 0 amide bonds. The summed E-state index contributed by atoms with van der Waals surface area (Å²) in [6, 6.07) is 16.4. The van der Waals surface area contributed by atoms with Crippen molar-refractivity contribution < 1.29 is 18.6 Å². The van der Waals surface area contributed by atoms with Crippen LogP contribution in [0.15, 0.2) is 46.9 Å². The topological polar surface area (TPSA) is 80.8 Å². The van der Waals surface area contributed by atoms with Crippen LogP contribution in [0.4, 0.5) is 5.88 Å². The van der Waals surface area contributed by atoms with Crippen LogP contribution in [0.25, 0.3) is 12.2 Å². The summed E-state index contributed by atoms with van der Waals surface area (Å²) < 4.78 is 22.2. The summed E-state index contributed by atoms with van der Waals surface area (Å²) in [6.45, 7) is 1.69. The van der Waals surface area contributed by atoms with Crippen molar-refractivity contribution in [2.75, 3.05) is 39.3 Å². The average molecular weight is 460 g/mol. The molecule has 1 aliphatic rings. The van der Waals surface area contributed by atoms with Crippen molar-refractivity contribution in [3.63, 3.8) is 0 Å². The van der Waals surface area contributed by atoms with Gasteiger partial charge in [-0.05, 0) is 54.5 Å². The molecule has 7 nitrogen and oxygen atoms in total. The highest BCUT2D eigenvalue weighted by Gasteiger charge is 2.25. The number of nitrogens with zero attached hydrogens (tertiary/aromatic N) is 3. The van der Waals surface area contributed by atoms with Gasteiger partial charge in [-0.1, -0.05) is 30.3 Å². The molecular formula is C27H29N3O4. The molecule has 0 unspecified atom stereocenters. The molecule has 7 heteroatoms. The Kier molecular flexibility index (Phi) is 7.38. The number of aromatic nitrogens is 1. The van der Waals surface area contributed by atoms with Crippen LogP contribution < -0.4 is 19.1 Å². The van der Waals surface area contributed by atoms with Crippen LogP contribution >= 0.6 is 0 Å². The second kappa shape index (κ2) is 10.8. The third-order valence-electron chi connectivity index (χ3n) is 6.11. The third kappa shape index (κ3) is 5.18. The first-order chi connectivity index (χ1) is 16.6. The van der Waals surface area contributed by atoms with Gasteiger partial charge >= 0.3 is 0 Å². The number of anilines is 1. The van der Waals surface area contributed by atoms with Gasteiger partial charge in [0.2, 0.25) is 23.2 Å². The Balaban J connectivity index is 1.46. The summed E-state index contributed by atoms with van der Waals surface area (Å²) in [5.74, 6) is 3.21. The van der Waals surface area contributed by atoms with Crippen molar-refractivity contribution in [3.8, 4) is 23.3 Å². The molecular weight excluding hydrogens is 430 g/mol. The van der Waals surface area contributed by atoms with Crippen molar-refractivity contribution in [2.24, 2.45) is 5.92 Å². The number of benzene rings is 2. The Hall–Kier alpha value is -3.92. The van der Waals surface area contributed by atoms with E-state index in [9.17, 15) is 5.26 Å². The molecule has 0 radical (unpaired) electrons. The van der Waals surface area contributed by atoms with Crippen molar-refractivity contribution in [3.05, 3.63) is 65.2 Å². The molecule has 34 heavy (non-hydrogen) atoms. The first-order valence-corrected chi connectivity index (χ1v) is 11.3. The van der Waals surface area contributed by atoms with Gasteiger partial charge < -0.3 is 23.5 Å². The van der Waals surface area contributed by atoms with Crippen molar-refractivity contribution in [1.82, 2.24) is 4.98 Å². The maximum atomic E-state index is 9.62. The fourth-order valence-electron chi connectivity index (χ4n) is 4.34. The van der Waals surface area contributed by atoms with Gasteiger partial charge in [0, 0.05) is 19.2 Å². The van der Waals surface area contributed by atoms with Crippen molar-refractivity contribution in [1.29, 1.82) is 5.26 Å². The number of rotatable bonds is 8. The number of piperidine rings is 1. The lowest BCUT2D eigenvalue weighted by atomic mass is 9.90. The van der Waals surface area contributed by atoms with E-state index in [2.05, 4.69) is 40.2 Å². The lowest BCUT2D eigenvalue weighted by Gasteiger charge is -2.31. The van der Waals surface area contributed by atoms with Crippen LogP contribution in [0.1, 0.15) is 35.6 Å². The smallest absolute Gasteiger partial charge is 0.235 e. The summed E-state index contributed by atoms with van der Waals surface area (Å²) in [5.41, 5.74) is 2.51. The maximum Gasteiger partial charge on any atom is 0.235 e. The highest BCUT2D eigenvalue weighted by molar-refractivity contribution is 5.71. The Bertz CT molecular complexity index is 1150. The van der Waals surface area contributed by atoms with E-state index in [0.717, 1.165) is 37.9 Å². The second-order valence-corrected chi connectivity index (χ2v) is 8.23. The van der Waals surface area contributed by atoms with E-state index in [1.165, 1.54) is 5.56 Å². The molecule has 0 N–H and O–H groups in total. The highest BCUT2D eigenvalue weighted by Crippen LogP contribution is 2.38. The molecule has 0 saturated carbocycles. The van der Waals surface area contributed by atoms with E-state index in [0.29, 0.717) is 40.6 Å². The Morgan fingerprint density at radius 1 is 1.03 bits per heavy atom. The van der Waals surface area contributed by atoms with Gasteiger partial charge in [0.15, 0.2) is 11.5 Å². The summed E-state index contributed by atoms with van der Waals surface area (Å²) in [5, 5.41) is 9.62. The molecule has 0 bridgehead atoms. The molecule has 2 heterocycles. The summed E-state index contributed by atoms with van der Waals surface area (Å²) in [7, 11) is 4.72. The van der Waals surface area contributed by atoms with E-state index >= 15 is 0 Å². The fourth-order valence-corrected chi connectivity index (χ4v) is 4.34. The summed E-state index contributed by atoms with van der Waals surface area (Å²) >= 11 is 0. The molecule has 1 saturated heterocycles. The van der Waals surface area contributed by atoms with Crippen LogP contribution in [-0.4, -0.2) is 39.4 Å². The maximum absolute atomic E-state index is 9.62. The highest BCUT2D eigenvalue weighted by atomic mass is 16.5. The van der Waals surface area contributed by atoms with Gasteiger partial charge in [0.25, 0.3) is 0 Å². The SMILES string of the molecule is COc1cc(C=Cc2nc(C#N)c(N3CCC(Cc4ccccc4)CC3)o2)cc(OC)c1OC. The first-order valence-electron chi connectivity index (χ1n) is 11.3. The van der Waals surface area contributed by atoms with Crippen LogP contribution in [0.3, 0.4) is 0 Å². The predicted molar refractivity (Wildman–Crippen MR) is 131 cm³/mol. The Morgan fingerprint density at radius 3 is 2.29 bits per heavy atom. The van der Waals surface area contributed by atoms with Gasteiger partial charge in [0.05, 0.1) is 21.3 Å². The third-order valence-corrected chi connectivity index (χ3v) is 6.11. The average Bonchev–Trinajstić information content (AvgIpc) is 3.31. The number of hydrogen-bond acceptors (Lipinski definition) is 7. The molecule has 2 aromatic carbocycles. The molecule has 1 aliphatic heterocycles. The Morgan fingerprint density at radius 2 is 1.71 bits per heavy atom. The molecule has 0 atom stereocenters. The lowest BCUT2D eigenvalue weighted by Crippen LogP contribution is -2.34. The van der Waals surface area contributed by atoms with E-state index in [1.54, 1.807) is 27.4 Å². The second-order valence-electron chi connectivity index (χ2n) is 8.23. The normalized spacial score (nSPS) is 14.2. The molecule has 0 spiro atoms. The van der Waals surface area contributed by atoms with Crippen LogP contribution in [0.2, 0.25) is 0 Å².